The van der Waals surface area contributed by atoms with Crippen molar-refractivity contribution in [3.05, 3.63) is 29.8 Å². The van der Waals surface area contributed by atoms with Crippen LogP contribution in [-0.4, -0.2) is 60.5 Å². The van der Waals surface area contributed by atoms with E-state index in [1.165, 1.54) is 0 Å². The zero-order chi connectivity index (χ0) is 18.2. The van der Waals surface area contributed by atoms with Gasteiger partial charge in [-0.1, -0.05) is 6.92 Å². The van der Waals surface area contributed by atoms with E-state index in [9.17, 15) is 9.59 Å². The Hall–Kier alpha value is -2.59. The number of carbonyl (C=O) groups is 2. The molecule has 1 aromatic carbocycles. The molecular weight excluding hydrogens is 318 g/mol. The van der Waals surface area contributed by atoms with Gasteiger partial charge >= 0.3 is 6.03 Å². The van der Waals surface area contributed by atoms with Crippen molar-refractivity contribution in [3.63, 3.8) is 0 Å². The Labute approximate surface area is 148 Å². The Morgan fingerprint density at radius 3 is 2.40 bits per heavy atom. The van der Waals surface area contributed by atoms with E-state index < -0.39 is 0 Å². The number of hydrogen-bond donors (Lipinski definition) is 2. The molecule has 0 radical (unpaired) electrons. The summed E-state index contributed by atoms with van der Waals surface area (Å²) >= 11 is 0. The number of anilines is 1. The number of hydrogen-bond acceptors (Lipinski definition) is 4. The molecule has 1 atom stereocenters. The molecule has 2 N–H and O–H groups in total. The molecular formula is C18H25N5O2. The first-order valence-corrected chi connectivity index (χ1v) is 8.59. The highest BCUT2D eigenvalue weighted by Gasteiger charge is 2.22. The number of carbonyl (C=O) groups excluding carboxylic acids is 2. The van der Waals surface area contributed by atoms with Crippen LogP contribution in [0.2, 0.25) is 0 Å². The smallest absolute Gasteiger partial charge is 0.321 e. The molecule has 2 rings (SSSR count). The van der Waals surface area contributed by atoms with Crippen LogP contribution in [-0.2, 0) is 4.79 Å². The average Bonchev–Trinajstić information content (AvgIpc) is 2.62. The fraction of sp³-hybridized carbons (Fsp3) is 0.500. The maximum Gasteiger partial charge on any atom is 0.321 e. The third-order valence-electron chi connectivity index (χ3n) is 4.31. The Bertz CT molecular complexity index is 630. The third kappa shape index (κ3) is 5.76. The lowest BCUT2D eigenvalue weighted by Gasteiger charge is -2.34. The topological polar surface area (TPSA) is 88.5 Å². The molecule has 134 valence electrons. The Balaban J connectivity index is 1.76. The number of amides is 3. The van der Waals surface area contributed by atoms with Crippen molar-refractivity contribution < 1.29 is 9.59 Å². The maximum atomic E-state index is 12.3. The molecule has 0 bridgehead atoms. The van der Waals surface area contributed by atoms with Crippen LogP contribution in [0, 0.1) is 11.3 Å². The normalized spacial score (nSPS) is 16.0. The molecule has 3 amide bonds. The van der Waals surface area contributed by atoms with Gasteiger partial charge in [0.25, 0.3) is 0 Å². The zero-order valence-corrected chi connectivity index (χ0v) is 14.8. The number of benzene rings is 1. The van der Waals surface area contributed by atoms with Gasteiger partial charge < -0.3 is 15.5 Å². The minimum absolute atomic E-state index is 0.0323. The molecule has 1 heterocycles. The highest BCUT2D eigenvalue weighted by Crippen LogP contribution is 2.11. The van der Waals surface area contributed by atoms with Crippen molar-refractivity contribution in [3.8, 4) is 6.07 Å². The van der Waals surface area contributed by atoms with Gasteiger partial charge in [0, 0.05) is 37.9 Å². The number of nitrogens with zero attached hydrogens (tertiary/aromatic N) is 3. The molecule has 25 heavy (non-hydrogen) atoms. The molecule has 7 heteroatoms. The molecule has 1 fully saturated rings. The molecule has 1 saturated heterocycles. The van der Waals surface area contributed by atoms with Gasteiger partial charge in [0.15, 0.2) is 0 Å². The monoisotopic (exact) mass is 343 g/mol. The average molecular weight is 343 g/mol. The molecule has 0 aliphatic carbocycles. The van der Waals surface area contributed by atoms with Crippen LogP contribution in [0.3, 0.4) is 0 Å². The summed E-state index contributed by atoms with van der Waals surface area (Å²) in [5.41, 5.74) is 1.22. The predicted octanol–water partition coefficient (Wildman–Crippen LogP) is 1.62. The van der Waals surface area contributed by atoms with E-state index in [-0.39, 0.29) is 18.0 Å². The van der Waals surface area contributed by atoms with Gasteiger partial charge in [0.1, 0.15) is 0 Å². The Morgan fingerprint density at radius 1 is 1.20 bits per heavy atom. The second-order valence-electron chi connectivity index (χ2n) is 6.26. The number of nitrogens with one attached hydrogen (secondary N) is 2. The van der Waals surface area contributed by atoms with Crippen molar-refractivity contribution >= 4 is 17.6 Å². The van der Waals surface area contributed by atoms with Crippen LogP contribution in [0.4, 0.5) is 10.5 Å². The molecule has 1 aromatic rings. The van der Waals surface area contributed by atoms with Crippen LogP contribution < -0.4 is 10.6 Å². The largest absolute Gasteiger partial charge is 0.353 e. The third-order valence-corrected chi connectivity index (χ3v) is 4.31. The summed E-state index contributed by atoms with van der Waals surface area (Å²) in [4.78, 5) is 28.0. The van der Waals surface area contributed by atoms with E-state index in [2.05, 4.69) is 15.5 Å². The van der Waals surface area contributed by atoms with E-state index in [1.807, 2.05) is 19.9 Å². The maximum absolute atomic E-state index is 12.3. The number of rotatable bonds is 5. The second-order valence-corrected chi connectivity index (χ2v) is 6.26. The zero-order valence-electron chi connectivity index (χ0n) is 14.8. The Morgan fingerprint density at radius 2 is 1.84 bits per heavy atom. The lowest BCUT2D eigenvalue weighted by atomic mass is 10.2. The highest BCUT2D eigenvalue weighted by molar-refractivity contribution is 5.89. The predicted molar refractivity (Wildman–Crippen MR) is 96.1 cm³/mol. The van der Waals surface area contributed by atoms with Crippen molar-refractivity contribution in [1.29, 1.82) is 5.26 Å². The van der Waals surface area contributed by atoms with E-state index >= 15 is 0 Å². The van der Waals surface area contributed by atoms with Gasteiger partial charge in [0.2, 0.25) is 5.91 Å². The van der Waals surface area contributed by atoms with E-state index in [1.54, 1.807) is 29.2 Å². The Kier molecular flexibility index (Phi) is 6.78. The summed E-state index contributed by atoms with van der Waals surface area (Å²) < 4.78 is 0. The van der Waals surface area contributed by atoms with Gasteiger partial charge in [-0.05, 0) is 37.6 Å². The number of urea groups is 1. The summed E-state index contributed by atoms with van der Waals surface area (Å²) in [6, 6.07) is 8.84. The number of nitriles is 1. The standard InChI is InChI=1S/C18H25N5O2/c1-3-14(2)20-17(24)13-22-8-10-23(11-9-22)18(25)21-16-6-4-15(12-19)5-7-16/h4-7,14H,3,8-11,13H2,1-2H3,(H,20,24)(H,21,25)/t14-/m0/s1. The van der Waals surface area contributed by atoms with Crippen molar-refractivity contribution in [2.24, 2.45) is 0 Å². The van der Waals surface area contributed by atoms with Crippen molar-refractivity contribution in [1.82, 2.24) is 15.1 Å². The molecule has 0 spiro atoms. The van der Waals surface area contributed by atoms with Crippen LogP contribution in [0.5, 0.6) is 0 Å². The van der Waals surface area contributed by atoms with Gasteiger partial charge in [0.05, 0.1) is 18.2 Å². The first-order valence-electron chi connectivity index (χ1n) is 8.59. The summed E-state index contributed by atoms with van der Waals surface area (Å²) in [6.07, 6.45) is 0.912. The van der Waals surface area contributed by atoms with Crippen LogP contribution >= 0.6 is 0 Å². The van der Waals surface area contributed by atoms with Crippen molar-refractivity contribution in [2.75, 3.05) is 38.0 Å². The summed E-state index contributed by atoms with van der Waals surface area (Å²) in [6.45, 7) is 6.91. The molecule has 0 aromatic heterocycles. The fourth-order valence-electron chi connectivity index (χ4n) is 2.57. The van der Waals surface area contributed by atoms with Gasteiger partial charge in [-0.2, -0.15) is 5.26 Å². The summed E-state index contributed by atoms with van der Waals surface area (Å²) in [5, 5.41) is 14.6. The summed E-state index contributed by atoms with van der Waals surface area (Å²) in [5.74, 6) is 0.0323. The number of piperazine rings is 1. The molecule has 1 aliphatic heterocycles. The van der Waals surface area contributed by atoms with Crippen LogP contribution in [0.25, 0.3) is 0 Å². The summed E-state index contributed by atoms with van der Waals surface area (Å²) in [7, 11) is 0. The van der Waals surface area contributed by atoms with Gasteiger partial charge in [-0.25, -0.2) is 4.79 Å². The minimum atomic E-state index is -0.159. The molecule has 0 unspecified atom stereocenters. The van der Waals surface area contributed by atoms with Crippen LogP contribution in [0.1, 0.15) is 25.8 Å². The second kappa shape index (κ2) is 9.04. The quantitative estimate of drug-likeness (QED) is 0.850. The van der Waals surface area contributed by atoms with Crippen LogP contribution in [0.15, 0.2) is 24.3 Å². The molecule has 0 saturated carbocycles. The SMILES string of the molecule is CC[C@H](C)NC(=O)CN1CCN(C(=O)Nc2ccc(C#N)cc2)CC1. The first-order chi connectivity index (χ1) is 12.0. The van der Waals surface area contributed by atoms with Crippen molar-refractivity contribution in [2.45, 2.75) is 26.3 Å². The van der Waals surface area contributed by atoms with E-state index in [4.69, 9.17) is 5.26 Å². The lowest BCUT2D eigenvalue weighted by Crippen LogP contribution is -2.52. The lowest BCUT2D eigenvalue weighted by molar-refractivity contribution is -0.123. The minimum Gasteiger partial charge on any atom is -0.353 e. The molecule has 1 aliphatic rings. The van der Waals surface area contributed by atoms with E-state index in [0.717, 1.165) is 6.42 Å². The highest BCUT2D eigenvalue weighted by atomic mass is 16.2. The van der Waals surface area contributed by atoms with Gasteiger partial charge in [-0.15, -0.1) is 0 Å². The van der Waals surface area contributed by atoms with E-state index in [0.29, 0.717) is 44.0 Å². The van der Waals surface area contributed by atoms with Gasteiger partial charge in [-0.3, -0.25) is 9.69 Å². The fourth-order valence-corrected chi connectivity index (χ4v) is 2.57. The first kappa shape index (κ1) is 18.7. The molecule has 7 nitrogen and oxygen atoms in total.